The molecule has 0 bridgehead atoms. The van der Waals surface area contributed by atoms with Crippen LogP contribution in [0.5, 0.6) is 5.88 Å². The molecule has 178 valence electrons. The minimum atomic E-state index is -1.18. The summed E-state index contributed by atoms with van der Waals surface area (Å²) < 4.78 is 20.1. The molecule has 5 heteroatoms. The highest BCUT2D eigenvalue weighted by atomic mass is 32.2. The number of piperidine rings is 1. The lowest BCUT2D eigenvalue weighted by Crippen LogP contribution is -2.37. The molecule has 6 rings (SSSR count). The van der Waals surface area contributed by atoms with Gasteiger partial charge in [0.2, 0.25) is 5.88 Å². The van der Waals surface area contributed by atoms with Crippen LogP contribution in [-0.2, 0) is 17.8 Å². The summed E-state index contributed by atoms with van der Waals surface area (Å²) in [4.78, 5) is 4.93. The van der Waals surface area contributed by atoms with Gasteiger partial charge in [-0.2, -0.15) is 0 Å². The zero-order valence-corrected chi connectivity index (χ0v) is 20.9. The molecular weight excluding hydrogens is 452 g/mol. The molecular formula is C30H30N2O2S. The van der Waals surface area contributed by atoms with Crippen LogP contribution in [0.15, 0.2) is 83.4 Å². The van der Waals surface area contributed by atoms with E-state index in [1.807, 2.05) is 6.07 Å². The summed E-state index contributed by atoms with van der Waals surface area (Å²) in [5.41, 5.74) is 9.81. The molecule has 2 aliphatic carbocycles. The van der Waals surface area contributed by atoms with Crippen LogP contribution in [-0.4, -0.2) is 34.0 Å². The number of fused-ring (bicyclic) bond motifs is 3. The smallest absolute Gasteiger partial charge is 0.213 e. The van der Waals surface area contributed by atoms with E-state index < -0.39 is 11.4 Å². The van der Waals surface area contributed by atoms with Gasteiger partial charge in [-0.25, -0.2) is 4.98 Å². The first kappa shape index (κ1) is 22.6. The predicted molar refractivity (Wildman–Crippen MR) is 142 cm³/mol. The molecule has 1 aliphatic heterocycles. The number of hydrogen-bond acceptors (Lipinski definition) is 4. The molecule has 2 heterocycles. The summed E-state index contributed by atoms with van der Waals surface area (Å²) in [6.45, 7) is 1.64. The van der Waals surface area contributed by atoms with Crippen molar-refractivity contribution in [2.45, 2.75) is 42.9 Å². The van der Waals surface area contributed by atoms with Crippen molar-refractivity contribution in [1.29, 1.82) is 0 Å². The van der Waals surface area contributed by atoms with E-state index in [4.69, 9.17) is 4.74 Å². The quantitative estimate of drug-likeness (QED) is 0.399. The zero-order chi connectivity index (χ0) is 23.8. The number of allylic oxidation sites excluding steroid dienone is 4. The summed E-state index contributed by atoms with van der Waals surface area (Å²) in [5, 5.41) is 0. The molecule has 3 aromatic rings. The molecule has 0 saturated carbocycles. The van der Waals surface area contributed by atoms with E-state index in [2.05, 4.69) is 63.9 Å². The van der Waals surface area contributed by atoms with Gasteiger partial charge in [0, 0.05) is 25.2 Å². The molecule has 1 saturated heterocycles. The van der Waals surface area contributed by atoms with Crippen LogP contribution >= 0.6 is 0 Å². The third-order valence-corrected chi connectivity index (χ3v) is 9.03. The number of methoxy groups -OCH3 is 1. The fourth-order valence-electron chi connectivity index (χ4n) is 5.61. The number of rotatable bonds is 5. The Hall–Kier alpha value is -2.86. The van der Waals surface area contributed by atoms with E-state index >= 15 is 0 Å². The average Bonchev–Trinajstić information content (AvgIpc) is 3.31. The van der Waals surface area contributed by atoms with Crippen molar-refractivity contribution in [3.63, 3.8) is 0 Å². The largest absolute Gasteiger partial charge is 0.593 e. The molecule has 0 radical (unpaired) electrons. The topological polar surface area (TPSA) is 48.4 Å². The molecule has 1 fully saturated rings. The Kier molecular flexibility index (Phi) is 6.23. The van der Waals surface area contributed by atoms with Crippen molar-refractivity contribution >= 4 is 16.9 Å². The maximum Gasteiger partial charge on any atom is 0.213 e. The predicted octanol–water partition coefficient (Wildman–Crippen LogP) is 6.32. The third-order valence-electron chi connectivity index (χ3n) is 7.55. The molecule has 2 aromatic carbocycles. The van der Waals surface area contributed by atoms with Crippen molar-refractivity contribution in [2.24, 2.45) is 0 Å². The number of hydrogen-bond donors (Lipinski definition) is 0. The van der Waals surface area contributed by atoms with Crippen LogP contribution in [0.4, 0.5) is 0 Å². The van der Waals surface area contributed by atoms with Gasteiger partial charge >= 0.3 is 0 Å². The first-order valence-electron chi connectivity index (χ1n) is 12.5. The number of benzene rings is 2. The minimum absolute atomic E-state index is 0.508. The standard InChI is InChI=1S/C30H30N2O2S/c1-34-30-13-11-27(20-31-30)35(33)32-16-14-23(15-17-32)21-6-8-22(9-7-21)24-10-12-29-26(18-24)19-25-4-2-3-5-28(25)29/h4-13,18,20,23H,2-3,14-17,19H2,1H3. The van der Waals surface area contributed by atoms with Crippen molar-refractivity contribution in [3.05, 3.63) is 95.2 Å². The van der Waals surface area contributed by atoms with E-state index in [1.54, 1.807) is 19.4 Å². The van der Waals surface area contributed by atoms with Crippen LogP contribution < -0.4 is 4.74 Å². The van der Waals surface area contributed by atoms with Crippen molar-refractivity contribution < 1.29 is 9.29 Å². The van der Waals surface area contributed by atoms with E-state index in [9.17, 15) is 4.55 Å². The number of pyridine rings is 1. The second kappa shape index (κ2) is 9.65. The van der Waals surface area contributed by atoms with E-state index in [-0.39, 0.29) is 0 Å². The fraction of sp³-hybridized carbons (Fsp3) is 0.300. The van der Waals surface area contributed by atoms with Gasteiger partial charge in [-0.05, 0) is 77.0 Å². The molecule has 0 amide bonds. The molecule has 35 heavy (non-hydrogen) atoms. The van der Waals surface area contributed by atoms with Crippen molar-refractivity contribution in [3.8, 4) is 17.0 Å². The number of aromatic nitrogens is 1. The highest BCUT2D eigenvalue weighted by Crippen LogP contribution is 2.41. The van der Waals surface area contributed by atoms with Crippen LogP contribution in [0.1, 0.15) is 48.3 Å². The van der Waals surface area contributed by atoms with Crippen LogP contribution in [0.2, 0.25) is 0 Å². The van der Waals surface area contributed by atoms with E-state index in [0.29, 0.717) is 11.8 Å². The third kappa shape index (κ3) is 4.44. The monoisotopic (exact) mass is 482 g/mol. The second-order valence-corrected chi connectivity index (χ2v) is 11.1. The summed E-state index contributed by atoms with van der Waals surface area (Å²) in [7, 11) is 1.59. The lowest BCUT2D eigenvalue weighted by molar-refractivity contribution is 0.319. The van der Waals surface area contributed by atoms with Gasteiger partial charge in [0.15, 0.2) is 4.90 Å². The minimum Gasteiger partial charge on any atom is -0.593 e. The Bertz CT molecular complexity index is 1270. The average molecular weight is 483 g/mol. The Balaban J connectivity index is 1.11. The maximum atomic E-state index is 13.0. The Labute approximate surface area is 210 Å². The molecule has 0 N–H and O–H groups in total. The van der Waals surface area contributed by atoms with Gasteiger partial charge < -0.3 is 9.29 Å². The molecule has 1 atom stereocenters. The zero-order valence-electron chi connectivity index (χ0n) is 20.1. The Morgan fingerprint density at radius 3 is 2.46 bits per heavy atom. The molecule has 4 nitrogen and oxygen atoms in total. The van der Waals surface area contributed by atoms with E-state index in [0.717, 1.165) is 43.7 Å². The lowest BCUT2D eigenvalue weighted by Gasteiger charge is -2.31. The Morgan fingerprint density at radius 1 is 0.943 bits per heavy atom. The normalized spacial score (nSPS) is 18.9. The molecule has 1 unspecified atom stereocenters. The van der Waals surface area contributed by atoms with Gasteiger partial charge in [-0.1, -0.05) is 54.6 Å². The van der Waals surface area contributed by atoms with Gasteiger partial charge in [0.1, 0.15) is 0 Å². The first-order chi connectivity index (χ1) is 17.2. The van der Waals surface area contributed by atoms with E-state index in [1.165, 1.54) is 45.4 Å². The summed E-state index contributed by atoms with van der Waals surface area (Å²) in [5.74, 6) is 1.05. The van der Waals surface area contributed by atoms with Gasteiger partial charge in [-0.3, -0.25) is 0 Å². The van der Waals surface area contributed by atoms with Crippen molar-refractivity contribution in [1.82, 2.24) is 9.29 Å². The summed E-state index contributed by atoms with van der Waals surface area (Å²) in [6, 6.07) is 19.7. The summed E-state index contributed by atoms with van der Waals surface area (Å²) in [6.07, 6.45) is 11.9. The van der Waals surface area contributed by atoms with Crippen molar-refractivity contribution in [2.75, 3.05) is 20.2 Å². The lowest BCUT2D eigenvalue weighted by atomic mass is 9.89. The van der Waals surface area contributed by atoms with Gasteiger partial charge in [0.25, 0.3) is 0 Å². The molecule has 1 aromatic heterocycles. The van der Waals surface area contributed by atoms with Gasteiger partial charge in [0.05, 0.1) is 24.7 Å². The molecule has 0 spiro atoms. The number of nitrogens with zero attached hydrogens (tertiary/aromatic N) is 2. The Morgan fingerprint density at radius 2 is 1.71 bits per heavy atom. The maximum absolute atomic E-state index is 13.0. The first-order valence-corrected chi connectivity index (χ1v) is 13.6. The van der Waals surface area contributed by atoms with Crippen LogP contribution in [0, 0.1) is 0 Å². The number of ether oxygens (including phenoxy) is 1. The molecule has 3 aliphatic rings. The highest BCUT2D eigenvalue weighted by Gasteiger charge is 2.29. The SMILES string of the molecule is COc1ccc([S+]([O-])N2CCC(c3ccc(-c4ccc5c(c4)CC4=CCCC=C45)cc3)CC2)cn1. The fourth-order valence-corrected chi connectivity index (χ4v) is 6.77. The van der Waals surface area contributed by atoms with Crippen LogP contribution in [0.3, 0.4) is 0 Å². The van der Waals surface area contributed by atoms with Crippen LogP contribution in [0.25, 0.3) is 16.7 Å². The second-order valence-electron chi connectivity index (χ2n) is 9.58. The van der Waals surface area contributed by atoms with Gasteiger partial charge in [-0.15, -0.1) is 4.31 Å². The summed E-state index contributed by atoms with van der Waals surface area (Å²) >= 11 is -1.18. The highest BCUT2D eigenvalue weighted by molar-refractivity contribution is 7.89.